The van der Waals surface area contributed by atoms with E-state index in [1.165, 1.54) is 22.8 Å². The molecule has 5 nitrogen and oxygen atoms in total. The normalized spacial score (nSPS) is 11.1. The summed E-state index contributed by atoms with van der Waals surface area (Å²) in [6.45, 7) is 10.8. The first-order valence-electron chi connectivity index (χ1n) is 11.4. The topological polar surface area (TPSA) is 71.3 Å². The molecule has 0 unspecified atom stereocenters. The number of carbonyl (C=O) groups excluding carboxylic acids is 1. The Morgan fingerprint density at radius 3 is 2.34 bits per heavy atom. The standard InChI is InChI=1S/C29H29ClN2O3/c1-6-34-28-14-22(8-10-27(28)35-17-25-20(4)11-18(2)12-21(25)5)13-23(16-31)29(33)32-26-15-24(30)9-7-19(26)3/h7-15H,6,17H2,1-5H3,(H,32,33)/b23-13+. The van der Waals surface area contributed by atoms with Crippen LogP contribution in [0.15, 0.2) is 54.1 Å². The number of nitrogens with zero attached hydrogens (tertiary/aromatic N) is 1. The Labute approximate surface area is 212 Å². The maximum Gasteiger partial charge on any atom is 0.266 e. The first kappa shape index (κ1) is 25.9. The van der Waals surface area contributed by atoms with Gasteiger partial charge in [-0.3, -0.25) is 4.79 Å². The molecule has 0 fully saturated rings. The Morgan fingerprint density at radius 2 is 1.69 bits per heavy atom. The lowest BCUT2D eigenvalue weighted by Crippen LogP contribution is -2.14. The number of ether oxygens (including phenoxy) is 2. The summed E-state index contributed by atoms with van der Waals surface area (Å²) in [5.74, 6) is 0.634. The number of halogens is 1. The van der Waals surface area contributed by atoms with Crippen molar-refractivity contribution in [2.45, 2.75) is 41.2 Å². The molecule has 0 saturated heterocycles. The van der Waals surface area contributed by atoms with Crippen LogP contribution in [0.2, 0.25) is 5.02 Å². The zero-order chi connectivity index (χ0) is 25.5. The van der Waals surface area contributed by atoms with Crippen LogP contribution < -0.4 is 14.8 Å². The molecule has 180 valence electrons. The maximum atomic E-state index is 12.7. The Bertz CT molecular complexity index is 1300. The van der Waals surface area contributed by atoms with E-state index in [-0.39, 0.29) is 5.57 Å². The average Bonchev–Trinajstić information content (AvgIpc) is 2.80. The summed E-state index contributed by atoms with van der Waals surface area (Å²) in [5.41, 5.74) is 6.74. The summed E-state index contributed by atoms with van der Waals surface area (Å²) in [5, 5.41) is 12.9. The van der Waals surface area contributed by atoms with Crippen molar-refractivity contribution in [1.82, 2.24) is 0 Å². The van der Waals surface area contributed by atoms with E-state index < -0.39 is 5.91 Å². The number of hydrogen-bond donors (Lipinski definition) is 1. The summed E-state index contributed by atoms with van der Waals surface area (Å²) in [4.78, 5) is 12.7. The highest BCUT2D eigenvalue weighted by Gasteiger charge is 2.14. The lowest BCUT2D eigenvalue weighted by atomic mass is 10.0. The SMILES string of the molecule is CCOc1cc(/C=C(\C#N)C(=O)Nc2cc(Cl)ccc2C)ccc1OCc1c(C)cc(C)cc1C. The van der Waals surface area contributed by atoms with Gasteiger partial charge < -0.3 is 14.8 Å². The fourth-order valence-corrected chi connectivity index (χ4v) is 4.00. The first-order chi connectivity index (χ1) is 16.7. The number of nitriles is 1. The van der Waals surface area contributed by atoms with Crippen molar-refractivity contribution in [2.75, 3.05) is 11.9 Å². The van der Waals surface area contributed by atoms with Crippen molar-refractivity contribution in [3.8, 4) is 17.6 Å². The van der Waals surface area contributed by atoms with Gasteiger partial charge in [-0.2, -0.15) is 5.26 Å². The number of amides is 1. The number of rotatable bonds is 8. The number of nitrogens with one attached hydrogen (secondary N) is 1. The molecule has 0 aliphatic carbocycles. The number of benzene rings is 3. The number of carbonyl (C=O) groups is 1. The third-order valence-corrected chi connectivity index (χ3v) is 5.84. The number of anilines is 1. The van der Waals surface area contributed by atoms with Gasteiger partial charge >= 0.3 is 0 Å². The predicted molar refractivity (Wildman–Crippen MR) is 141 cm³/mol. The monoisotopic (exact) mass is 488 g/mol. The van der Waals surface area contributed by atoms with E-state index in [2.05, 4.69) is 38.2 Å². The molecular weight excluding hydrogens is 460 g/mol. The van der Waals surface area contributed by atoms with Gasteiger partial charge in [0.15, 0.2) is 11.5 Å². The van der Waals surface area contributed by atoms with Crippen molar-refractivity contribution < 1.29 is 14.3 Å². The van der Waals surface area contributed by atoms with Gasteiger partial charge in [0.1, 0.15) is 18.2 Å². The quantitative estimate of drug-likeness (QED) is 0.271. The molecule has 0 radical (unpaired) electrons. The van der Waals surface area contributed by atoms with Gasteiger partial charge in [0, 0.05) is 10.7 Å². The summed E-state index contributed by atoms with van der Waals surface area (Å²) in [6.07, 6.45) is 1.52. The number of aryl methyl sites for hydroxylation is 4. The van der Waals surface area contributed by atoms with Gasteiger partial charge in [0.05, 0.1) is 6.61 Å². The molecule has 35 heavy (non-hydrogen) atoms. The minimum Gasteiger partial charge on any atom is -0.490 e. The Kier molecular flexibility index (Phi) is 8.57. The summed E-state index contributed by atoms with van der Waals surface area (Å²) in [7, 11) is 0. The molecule has 3 aromatic carbocycles. The molecule has 0 aliphatic heterocycles. The summed E-state index contributed by atoms with van der Waals surface area (Å²) >= 11 is 6.04. The van der Waals surface area contributed by atoms with Crippen molar-refractivity contribution >= 4 is 29.3 Å². The van der Waals surface area contributed by atoms with Crippen molar-refractivity contribution in [1.29, 1.82) is 5.26 Å². The molecular formula is C29H29ClN2O3. The van der Waals surface area contributed by atoms with Crippen LogP contribution in [0.1, 0.15) is 40.3 Å². The van der Waals surface area contributed by atoms with Gasteiger partial charge in [-0.1, -0.05) is 41.4 Å². The van der Waals surface area contributed by atoms with Crippen molar-refractivity contribution in [2.24, 2.45) is 0 Å². The molecule has 0 bridgehead atoms. The minimum absolute atomic E-state index is 0.0357. The molecule has 6 heteroatoms. The van der Waals surface area contributed by atoms with Crippen LogP contribution in [0.5, 0.6) is 11.5 Å². The Hall–Kier alpha value is -3.75. The molecule has 3 rings (SSSR count). The van der Waals surface area contributed by atoms with Crippen LogP contribution in [-0.2, 0) is 11.4 Å². The molecule has 1 N–H and O–H groups in total. The molecule has 3 aromatic rings. The van der Waals surface area contributed by atoms with E-state index in [0.717, 1.165) is 11.1 Å². The smallest absolute Gasteiger partial charge is 0.266 e. The Morgan fingerprint density at radius 1 is 0.971 bits per heavy atom. The predicted octanol–water partition coefficient (Wildman–Crippen LogP) is 7.10. The zero-order valence-corrected chi connectivity index (χ0v) is 21.4. The third kappa shape index (κ3) is 6.65. The zero-order valence-electron chi connectivity index (χ0n) is 20.7. The van der Waals surface area contributed by atoms with Crippen LogP contribution >= 0.6 is 11.6 Å². The second-order valence-corrected chi connectivity index (χ2v) is 8.82. The van der Waals surface area contributed by atoms with E-state index in [0.29, 0.717) is 41.0 Å². The highest BCUT2D eigenvalue weighted by atomic mass is 35.5. The van der Waals surface area contributed by atoms with Crippen LogP contribution in [-0.4, -0.2) is 12.5 Å². The Balaban J connectivity index is 1.83. The van der Waals surface area contributed by atoms with Gasteiger partial charge in [-0.15, -0.1) is 0 Å². The van der Waals surface area contributed by atoms with E-state index in [4.69, 9.17) is 21.1 Å². The maximum absolute atomic E-state index is 12.7. The second-order valence-electron chi connectivity index (χ2n) is 8.39. The molecule has 0 saturated carbocycles. The molecule has 0 aromatic heterocycles. The van der Waals surface area contributed by atoms with Crippen LogP contribution in [0.3, 0.4) is 0 Å². The van der Waals surface area contributed by atoms with Crippen molar-refractivity contribution in [3.63, 3.8) is 0 Å². The van der Waals surface area contributed by atoms with Gasteiger partial charge in [-0.25, -0.2) is 0 Å². The molecule has 0 spiro atoms. The lowest BCUT2D eigenvalue weighted by molar-refractivity contribution is -0.112. The van der Waals surface area contributed by atoms with Crippen LogP contribution in [0.25, 0.3) is 6.08 Å². The molecule has 0 heterocycles. The minimum atomic E-state index is -0.513. The fourth-order valence-electron chi connectivity index (χ4n) is 3.82. The van der Waals surface area contributed by atoms with E-state index >= 15 is 0 Å². The van der Waals surface area contributed by atoms with Gasteiger partial charge in [0.25, 0.3) is 5.91 Å². The van der Waals surface area contributed by atoms with E-state index in [1.807, 2.05) is 19.9 Å². The summed E-state index contributed by atoms with van der Waals surface area (Å²) < 4.78 is 11.9. The molecule has 1 amide bonds. The lowest BCUT2D eigenvalue weighted by Gasteiger charge is -2.16. The highest BCUT2D eigenvalue weighted by molar-refractivity contribution is 6.31. The first-order valence-corrected chi connectivity index (χ1v) is 11.7. The largest absolute Gasteiger partial charge is 0.490 e. The van der Waals surface area contributed by atoms with Crippen LogP contribution in [0, 0.1) is 39.0 Å². The van der Waals surface area contributed by atoms with Crippen molar-refractivity contribution in [3.05, 3.63) is 92.5 Å². The van der Waals surface area contributed by atoms with Crippen LogP contribution in [0.4, 0.5) is 5.69 Å². The highest BCUT2D eigenvalue weighted by Crippen LogP contribution is 2.31. The summed E-state index contributed by atoms with van der Waals surface area (Å²) in [6, 6.07) is 16.8. The third-order valence-electron chi connectivity index (χ3n) is 5.60. The van der Waals surface area contributed by atoms with Gasteiger partial charge in [0.2, 0.25) is 0 Å². The fraction of sp³-hybridized carbons (Fsp3) is 0.241. The molecule has 0 atom stereocenters. The van der Waals surface area contributed by atoms with Gasteiger partial charge in [-0.05, 0) is 92.8 Å². The van der Waals surface area contributed by atoms with E-state index in [9.17, 15) is 10.1 Å². The second kappa shape index (κ2) is 11.6. The van der Waals surface area contributed by atoms with E-state index in [1.54, 1.807) is 36.4 Å². The average molecular weight is 489 g/mol. The molecule has 0 aliphatic rings. The number of hydrogen-bond acceptors (Lipinski definition) is 4.